The third kappa shape index (κ3) is 4.27. The lowest BCUT2D eigenvalue weighted by molar-refractivity contribution is -0.139. The smallest absolute Gasteiger partial charge is 0.338 e. The molecule has 27 heavy (non-hydrogen) atoms. The van der Waals surface area contributed by atoms with Crippen LogP contribution in [0.4, 0.5) is 4.79 Å². The van der Waals surface area contributed by atoms with Crippen molar-refractivity contribution in [2.24, 2.45) is 0 Å². The number of hydrogen-bond acceptors (Lipinski definition) is 6. The SMILES string of the molecule is CCCC1=C(C(=O)OCC)C(c2cc(OC)c(OC)cc2OC)NC(=O)N1. The highest BCUT2D eigenvalue weighted by Crippen LogP contribution is 2.41. The number of urea groups is 1. The monoisotopic (exact) mass is 378 g/mol. The predicted octanol–water partition coefficient (Wildman–Crippen LogP) is 2.68. The van der Waals surface area contributed by atoms with Crippen LogP contribution in [0.15, 0.2) is 23.4 Å². The van der Waals surface area contributed by atoms with Crippen molar-refractivity contribution in [3.8, 4) is 17.2 Å². The Hall–Kier alpha value is -2.90. The number of nitrogens with one attached hydrogen (secondary N) is 2. The van der Waals surface area contributed by atoms with Crippen LogP contribution in [0.3, 0.4) is 0 Å². The fourth-order valence-corrected chi connectivity index (χ4v) is 3.03. The van der Waals surface area contributed by atoms with E-state index in [1.807, 2.05) is 6.92 Å². The van der Waals surface area contributed by atoms with Gasteiger partial charge in [0.25, 0.3) is 0 Å². The standard InChI is InChI=1S/C19H26N2O6/c1-6-8-12-16(18(22)27-7-2)17(21-19(23)20-12)11-9-14(25-4)15(26-5)10-13(11)24-3/h9-10,17H,6-8H2,1-5H3,(H2,20,21,23). The minimum absolute atomic E-state index is 0.228. The largest absolute Gasteiger partial charge is 0.496 e. The van der Waals surface area contributed by atoms with E-state index in [1.165, 1.54) is 21.3 Å². The summed E-state index contributed by atoms with van der Waals surface area (Å²) in [6.07, 6.45) is 1.29. The van der Waals surface area contributed by atoms with Crippen molar-refractivity contribution in [3.63, 3.8) is 0 Å². The first kappa shape index (κ1) is 20.4. The van der Waals surface area contributed by atoms with Gasteiger partial charge in [-0.2, -0.15) is 0 Å². The van der Waals surface area contributed by atoms with Gasteiger partial charge in [0.15, 0.2) is 11.5 Å². The van der Waals surface area contributed by atoms with Gasteiger partial charge in [-0.15, -0.1) is 0 Å². The molecule has 0 spiro atoms. The summed E-state index contributed by atoms with van der Waals surface area (Å²) in [4.78, 5) is 24.9. The number of rotatable bonds is 8. The van der Waals surface area contributed by atoms with Crippen LogP contribution >= 0.6 is 0 Å². The molecule has 0 radical (unpaired) electrons. The summed E-state index contributed by atoms with van der Waals surface area (Å²) >= 11 is 0. The summed E-state index contributed by atoms with van der Waals surface area (Å²) in [5.41, 5.74) is 1.46. The van der Waals surface area contributed by atoms with Crippen molar-refractivity contribution in [2.75, 3.05) is 27.9 Å². The van der Waals surface area contributed by atoms with E-state index in [1.54, 1.807) is 19.1 Å². The molecule has 0 fully saturated rings. The van der Waals surface area contributed by atoms with Gasteiger partial charge < -0.3 is 29.6 Å². The van der Waals surface area contributed by atoms with Gasteiger partial charge in [0, 0.05) is 17.3 Å². The molecule has 2 N–H and O–H groups in total. The van der Waals surface area contributed by atoms with E-state index in [0.29, 0.717) is 40.5 Å². The van der Waals surface area contributed by atoms with Gasteiger partial charge in [-0.3, -0.25) is 0 Å². The second-order valence-electron chi connectivity index (χ2n) is 5.84. The minimum atomic E-state index is -0.742. The Morgan fingerprint density at radius 2 is 1.67 bits per heavy atom. The summed E-state index contributed by atoms with van der Waals surface area (Å²) in [5, 5.41) is 5.52. The van der Waals surface area contributed by atoms with Gasteiger partial charge in [-0.1, -0.05) is 13.3 Å². The summed E-state index contributed by atoms with van der Waals surface area (Å²) < 4.78 is 21.4. The highest BCUT2D eigenvalue weighted by atomic mass is 16.5. The highest BCUT2D eigenvalue weighted by molar-refractivity contribution is 5.95. The molecular formula is C19H26N2O6. The molecule has 0 aromatic heterocycles. The minimum Gasteiger partial charge on any atom is -0.496 e. The van der Waals surface area contributed by atoms with Crippen molar-refractivity contribution in [1.82, 2.24) is 10.6 Å². The van der Waals surface area contributed by atoms with E-state index in [4.69, 9.17) is 18.9 Å². The third-order valence-corrected chi connectivity index (χ3v) is 4.20. The maximum atomic E-state index is 12.7. The molecule has 1 unspecified atom stereocenters. The van der Waals surface area contributed by atoms with Gasteiger partial charge >= 0.3 is 12.0 Å². The molecule has 0 aliphatic carbocycles. The van der Waals surface area contributed by atoms with Gasteiger partial charge in [-0.05, 0) is 19.4 Å². The highest BCUT2D eigenvalue weighted by Gasteiger charge is 2.35. The number of amides is 2. The Morgan fingerprint density at radius 3 is 2.22 bits per heavy atom. The lowest BCUT2D eigenvalue weighted by Crippen LogP contribution is -2.46. The summed E-state index contributed by atoms with van der Waals surface area (Å²) in [6, 6.07) is 2.21. The van der Waals surface area contributed by atoms with Crippen molar-refractivity contribution in [1.29, 1.82) is 0 Å². The molecule has 148 valence electrons. The molecule has 8 heteroatoms. The molecule has 1 heterocycles. The Morgan fingerprint density at radius 1 is 1.04 bits per heavy atom. The second-order valence-corrected chi connectivity index (χ2v) is 5.84. The van der Waals surface area contributed by atoms with Gasteiger partial charge in [0.2, 0.25) is 0 Å². The van der Waals surface area contributed by atoms with E-state index in [2.05, 4.69) is 10.6 Å². The Labute approximate surface area is 158 Å². The topological polar surface area (TPSA) is 95.1 Å². The number of allylic oxidation sites excluding steroid dienone is 1. The number of benzene rings is 1. The summed E-state index contributed by atoms with van der Waals surface area (Å²) in [5.74, 6) is 0.905. The van der Waals surface area contributed by atoms with E-state index in [9.17, 15) is 9.59 Å². The van der Waals surface area contributed by atoms with Gasteiger partial charge in [-0.25, -0.2) is 9.59 Å². The zero-order valence-electron chi connectivity index (χ0n) is 16.3. The predicted molar refractivity (Wildman–Crippen MR) is 99.1 cm³/mol. The van der Waals surface area contributed by atoms with Gasteiger partial charge in [0.05, 0.1) is 39.6 Å². The van der Waals surface area contributed by atoms with Crippen LogP contribution in [-0.4, -0.2) is 39.9 Å². The van der Waals surface area contributed by atoms with Crippen molar-refractivity contribution < 1.29 is 28.5 Å². The van der Waals surface area contributed by atoms with Gasteiger partial charge in [0.1, 0.15) is 5.75 Å². The first-order valence-corrected chi connectivity index (χ1v) is 8.78. The van der Waals surface area contributed by atoms with E-state index >= 15 is 0 Å². The van der Waals surface area contributed by atoms with Crippen LogP contribution in [-0.2, 0) is 9.53 Å². The molecule has 1 atom stereocenters. The molecule has 2 amide bonds. The average Bonchev–Trinajstić information content (AvgIpc) is 2.66. The van der Waals surface area contributed by atoms with Crippen LogP contribution < -0.4 is 24.8 Å². The van der Waals surface area contributed by atoms with Crippen molar-refractivity contribution in [2.45, 2.75) is 32.7 Å². The lowest BCUT2D eigenvalue weighted by Gasteiger charge is -2.30. The van der Waals surface area contributed by atoms with Crippen LogP contribution in [0.5, 0.6) is 17.2 Å². The molecule has 1 aromatic rings. The Balaban J connectivity index is 2.66. The van der Waals surface area contributed by atoms with Crippen LogP contribution in [0.2, 0.25) is 0 Å². The molecule has 1 aliphatic heterocycles. The first-order valence-electron chi connectivity index (χ1n) is 8.78. The average molecular weight is 378 g/mol. The zero-order valence-corrected chi connectivity index (χ0v) is 16.3. The molecule has 2 rings (SSSR count). The van der Waals surface area contributed by atoms with Crippen LogP contribution in [0.1, 0.15) is 38.3 Å². The molecule has 1 aliphatic rings. The molecular weight excluding hydrogens is 352 g/mol. The van der Waals surface area contributed by atoms with E-state index < -0.39 is 18.0 Å². The maximum Gasteiger partial charge on any atom is 0.338 e. The molecule has 0 saturated heterocycles. The molecule has 1 aromatic carbocycles. The van der Waals surface area contributed by atoms with Crippen LogP contribution in [0.25, 0.3) is 0 Å². The second kappa shape index (κ2) is 9.16. The van der Waals surface area contributed by atoms with Crippen molar-refractivity contribution >= 4 is 12.0 Å². The van der Waals surface area contributed by atoms with Crippen LogP contribution in [0, 0.1) is 0 Å². The molecule has 8 nitrogen and oxygen atoms in total. The fraction of sp³-hybridized carbons (Fsp3) is 0.474. The normalized spacial score (nSPS) is 16.3. The maximum absolute atomic E-state index is 12.7. The lowest BCUT2D eigenvalue weighted by atomic mass is 9.92. The first-order chi connectivity index (χ1) is 13.0. The number of ether oxygens (including phenoxy) is 4. The number of hydrogen-bond donors (Lipinski definition) is 2. The van der Waals surface area contributed by atoms with E-state index in [-0.39, 0.29) is 6.61 Å². The number of carbonyl (C=O) groups excluding carboxylic acids is 2. The zero-order chi connectivity index (χ0) is 20.0. The summed E-state index contributed by atoms with van der Waals surface area (Å²) in [7, 11) is 4.54. The Kier molecular flexibility index (Phi) is 6.92. The molecule has 0 bridgehead atoms. The number of methoxy groups -OCH3 is 3. The fourth-order valence-electron chi connectivity index (χ4n) is 3.03. The third-order valence-electron chi connectivity index (χ3n) is 4.20. The van der Waals surface area contributed by atoms with E-state index in [0.717, 1.165) is 6.42 Å². The molecule has 0 saturated carbocycles. The Bertz CT molecular complexity index is 744. The van der Waals surface area contributed by atoms with Crippen molar-refractivity contribution in [3.05, 3.63) is 29.0 Å². The number of esters is 1. The summed E-state index contributed by atoms with van der Waals surface area (Å²) in [6.45, 7) is 3.93. The quantitative estimate of drug-likeness (QED) is 0.676. The number of carbonyl (C=O) groups is 2.